The van der Waals surface area contributed by atoms with Gasteiger partial charge in [0, 0.05) is 30.7 Å². The van der Waals surface area contributed by atoms with E-state index in [1.54, 1.807) is 36.0 Å². The molecule has 210 valence electrons. The highest BCUT2D eigenvalue weighted by atomic mass is 16.2. The summed E-state index contributed by atoms with van der Waals surface area (Å²) in [6, 6.07) is 15.8. The van der Waals surface area contributed by atoms with E-state index in [0.29, 0.717) is 28.1 Å². The first-order valence-electron chi connectivity index (χ1n) is 13.4. The fraction of sp³-hybridized carbons (Fsp3) is 0.161. The van der Waals surface area contributed by atoms with Crippen molar-refractivity contribution >= 4 is 40.4 Å². The first-order chi connectivity index (χ1) is 20.2. The summed E-state index contributed by atoms with van der Waals surface area (Å²) >= 11 is 0. The highest BCUT2D eigenvalue weighted by molar-refractivity contribution is 6.04. The fourth-order valence-electron chi connectivity index (χ4n) is 5.19. The van der Waals surface area contributed by atoms with Crippen LogP contribution >= 0.6 is 0 Å². The summed E-state index contributed by atoms with van der Waals surface area (Å²) in [6.45, 7) is 5.74. The Morgan fingerprint density at radius 2 is 1.81 bits per heavy atom. The highest BCUT2D eigenvalue weighted by Crippen LogP contribution is 2.24. The molecule has 6 aromatic rings. The molecule has 0 fully saturated rings. The monoisotopic (exact) mass is 559 g/mol. The Morgan fingerprint density at radius 1 is 1.02 bits per heavy atom. The van der Waals surface area contributed by atoms with Crippen LogP contribution in [0.1, 0.15) is 51.7 Å². The standard InChI is InChI=1S/C31H29N9O2/c1-18-23(20(3)38(4)36-18)15-14-21-10-8-13-24-25(21)31(42)40(22-11-6-5-7-12-22)28(35-24)19(2)34-30(41)26-27(32)37-39-17-9-16-33-29(26)39/h5-17,19H,1-4H3,(H2,32,37)(H,34,41)/b15-14+/t19-/m0/s1. The van der Waals surface area contributed by atoms with Crippen molar-refractivity contribution in [3.05, 3.63) is 111 Å². The van der Waals surface area contributed by atoms with Gasteiger partial charge >= 0.3 is 0 Å². The van der Waals surface area contributed by atoms with Crippen LogP contribution in [0.25, 0.3) is 34.4 Å². The third kappa shape index (κ3) is 4.50. The summed E-state index contributed by atoms with van der Waals surface area (Å²) in [5.74, 6) is -0.0440. The van der Waals surface area contributed by atoms with Crippen LogP contribution in [0.2, 0.25) is 0 Å². The number of hydrogen-bond acceptors (Lipinski definition) is 7. The maximum atomic E-state index is 14.3. The number of aromatic nitrogens is 7. The van der Waals surface area contributed by atoms with Crippen molar-refractivity contribution in [3.8, 4) is 5.69 Å². The Labute approximate surface area is 241 Å². The quantitative estimate of drug-likeness (QED) is 0.314. The number of aryl methyl sites for hydroxylation is 2. The first-order valence-corrected chi connectivity index (χ1v) is 13.4. The molecule has 3 N–H and O–H groups in total. The van der Waals surface area contributed by atoms with Crippen LogP contribution < -0.4 is 16.6 Å². The average molecular weight is 560 g/mol. The highest BCUT2D eigenvalue weighted by Gasteiger charge is 2.24. The number of carbonyl (C=O) groups is 1. The molecular weight excluding hydrogens is 530 g/mol. The van der Waals surface area contributed by atoms with Gasteiger partial charge in [0.05, 0.1) is 28.3 Å². The molecule has 11 heteroatoms. The van der Waals surface area contributed by atoms with Gasteiger partial charge in [-0.15, -0.1) is 5.10 Å². The molecule has 1 amide bonds. The molecular formula is C31H29N9O2. The maximum absolute atomic E-state index is 14.3. The molecule has 6 rings (SSSR count). The number of para-hydroxylation sites is 1. The van der Waals surface area contributed by atoms with Gasteiger partial charge < -0.3 is 11.1 Å². The molecule has 2 aromatic carbocycles. The number of nitrogen functional groups attached to an aromatic ring is 1. The molecule has 0 aliphatic carbocycles. The SMILES string of the molecule is Cc1nn(C)c(C)c1/C=C/c1cccc2nc([C@H](C)NC(=O)c3c(N)nn4cccnc34)n(-c3ccccc3)c(=O)c12. The molecule has 0 bridgehead atoms. The second-order valence-corrected chi connectivity index (χ2v) is 10.1. The molecule has 0 spiro atoms. The van der Waals surface area contributed by atoms with Crippen molar-refractivity contribution in [2.45, 2.75) is 26.8 Å². The largest absolute Gasteiger partial charge is 0.381 e. The summed E-state index contributed by atoms with van der Waals surface area (Å²) < 4.78 is 4.83. The van der Waals surface area contributed by atoms with Gasteiger partial charge in [0.2, 0.25) is 0 Å². The summed E-state index contributed by atoms with van der Waals surface area (Å²) in [6.07, 6.45) is 7.13. The molecule has 42 heavy (non-hydrogen) atoms. The van der Waals surface area contributed by atoms with Crippen LogP contribution in [-0.4, -0.2) is 39.8 Å². The van der Waals surface area contributed by atoms with Crippen LogP contribution in [0, 0.1) is 13.8 Å². The summed E-state index contributed by atoms with van der Waals surface area (Å²) in [5.41, 5.74) is 11.1. The minimum Gasteiger partial charge on any atom is -0.381 e. The molecule has 0 unspecified atom stereocenters. The number of amides is 1. The molecule has 0 saturated carbocycles. The van der Waals surface area contributed by atoms with E-state index in [4.69, 9.17) is 10.7 Å². The van der Waals surface area contributed by atoms with Gasteiger partial charge in [0.25, 0.3) is 11.5 Å². The Balaban J connectivity index is 1.47. The average Bonchev–Trinajstić information content (AvgIpc) is 3.44. The van der Waals surface area contributed by atoms with Crippen molar-refractivity contribution in [2.24, 2.45) is 7.05 Å². The number of anilines is 1. The molecule has 11 nitrogen and oxygen atoms in total. The van der Waals surface area contributed by atoms with Crippen molar-refractivity contribution in [1.29, 1.82) is 0 Å². The predicted molar refractivity (Wildman–Crippen MR) is 162 cm³/mol. The van der Waals surface area contributed by atoms with Gasteiger partial charge in [0.15, 0.2) is 11.5 Å². The first kappa shape index (κ1) is 26.6. The summed E-state index contributed by atoms with van der Waals surface area (Å²) in [5, 5.41) is 12.1. The van der Waals surface area contributed by atoms with Crippen LogP contribution in [0.5, 0.6) is 0 Å². The van der Waals surface area contributed by atoms with Crippen molar-refractivity contribution in [2.75, 3.05) is 5.73 Å². The second kappa shape index (κ2) is 10.4. The zero-order valence-corrected chi connectivity index (χ0v) is 23.6. The third-order valence-electron chi connectivity index (χ3n) is 7.35. The van der Waals surface area contributed by atoms with E-state index in [1.807, 2.05) is 80.2 Å². The maximum Gasteiger partial charge on any atom is 0.266 e. The third-order valence-corrected chi connectivity index (χ3v) is 7.35. The molecule has 0 aliphatic rings. The fourth-order valence-corrected chi connectivity index (χ4v) is 5.19. The van der Waals surface area contributed by atoms with Crippen molar-refractivity contribution in [1.82, 2.24) is 39.2 Å². The molecule has 0 radical (unpaired) electrons. The number of nitrogens with zero attached hydrogens (tertiary/aromatic N) is 7. The zero-order valence-electron chi connectivity index (χ0n) is 23.6. The number of carbonyl (C=O) groups excluding carboxylic acids is 1. The van der Waals surface area contributed by atoms with Crippen molar-refractivity contribution in [3.63, 3.8) is 0 Å². The van der Waals surface area contributed by atoms with Gasteiger partial charge in [-0.05, 0) is 50.6 Å². The lowest BCUT2D eigenvalue weighted by atomic mass is 10.1. The van der Waals surface area contributed by atoms with Gasteiger partial charge in [-0.3, -0.25) is 18.8 Å². The lowest BCUT2D eigenvalue weighted by molar-refractivity contribution is 0.0940. The normalized spacial score (nSPS) is 12.4. The minimum absolute atomic E-state index is 0.0563. The lowest BCUT2D eigenvalue weighted by Crippen LogP contribution is -2.33. The van der Waals surface area contributed by atoms with Crippen LogP contribution in [0.3, 0.4) is 0 Å². The van der Waals surface area contributed by atoms with E-state index in [9.17, 15) is 9.59 Å². The number of rotatable bonds is 6. The van der Waals surface area contributed by atoms with Crippen LogP contribution in [0.4, 0.5) is 5.82 Å². The molecule has 0 saturated heterocycles. The van der Waals surface area contributed by atoms with Gasteiger partial charge in [-0.1, -0.05) is 42.5 Å². The van der Waals surface area contributed by atoms with E-state index < -0.39 is 11.9 Å². The molecule has 4 heterocycles. The van der Waals surface area contributed by atoms with Crippen LogP contribution in [0.15, 0.2) is 71.8 Å². The molecule has 1 atom stereocenters. The Hall–Kier alpha value is -5.58. The van der Waals surface area contributed by atoms with Gasteiger partial charge in [-0.25, -0.2) is 14.5 Å². The number of nitrogens with one attached hydrogen (secondary N) is 1. The van der Waals surface area contributed by atoms with E-state index in [2.05, 4.69) is 20.5 Å². The van der Waals surface area contributed by atoms with Gasteiger partial charge in [0.1, 0.15) is 11.4 Å². The Morgan fingerprint density at radius 3 is 2.55 bits per heavy atom. The number of nitrogens with two attached hydrogens (primary N) is 1. The Bertz CT molecular complexity index is 2070. The Kier molecular flexibility index (Phi) is 6.62. The smallest absolute Gasteiger partial charge is 0.266 e. The number of fused-ring (bicyclic) bond motifs is 2. The topological polar surface area (TPSA) is 138 Å². The number of benzene rings is 2. The number of hydrogen-bond donors (Lipinski definition) is 2. The summed E-state index contributed by atoms with van der Waals surface area (Å²) in [4.78, 5) is 36.9. The van der Waals surface area contributed by atoms with Crippen molar-refractivity contribution < 1.29 is 4.79 Å². The molecule has 0 aliphatic heterocycles. The van der Waals surface area contributed by atoms with Crippen LogP contribution in [-0.2, 0) is 7.05 Å². The van der Waals surface area contributed by atoms with E-state index in [1.165, 1.54) is 4.52 Å². The lowest BCUT2D eigenvalue weighted by Gasteiger charge is -2.20. The predicted octanol–water partition coefficient (Wildman–Crippen LogP) is 4.02. The molecule has 4 aromatic heterocycles. The zero-order chi connectivity index (χ0) is 29.5. The van der Waals surface area contributed by atoms with E-state index in [-0.39, 0.29) is 16.9 Å². The minimum atomic E-state index is -0.673. The van der Waals surface area contributed by atoms with E-state index >= 15 is 0 Å². The van der Waals surface area contributed by atoms with E-state index in [0.717, 1.165) is 22.5 Å². The van der Waals surface area contributed by atoms with Gasteiger partial charge in [-0.2, -0.15) is 5.10 Å². The second-order valence-electron chi connectivity index (χ2n) is 10.1. The summed E-state index contributed by atoms with van der Waals surface area (Å²) in [7, 11) is 1.90.